The Morgan fingerprint density at radius 2 is 1.88 bits per heavy atom. The minimum atomic E-state index is -0.00879. The molecule has 0 radical (unpaired) electrons. The van der Waals surface area contributed by atoms with Gasteiger partial charge in [-0.25, -0.2) is 0 Å². The van der Waals surface area contributed by atoms with Gasteiger partial charge in [-0.3, -0.25) is 9.48 Å². The maximum absolute atomic E-state index is 12.7. The van der Waals surface area contributed by atoms with Crippen LogP contribution in [0.1, 0.15) is 38.4 Å². The van der Waals surface area contributed by atoms with Crippen LogP contribution in [0.2, 0.25) is 0 Å². The number of hydrogen-bond donors (Lipinski definition) is 1. The molecule has 0 amide bonds. The smallest absolute Gasteiger partial charge is 0.189 e. The summed E-state index contributed by atoms with van der Waals surface area (Å²) in [4.78, 5) is 12.7. The zero-order chi connectivity index (χ0) is 18.3. The second-order valence-electron chi connectivity index (χ2n) is 6.71. The van der Waals surface area contributed by atoms with Crippen LogP contribution in [0.15, 0.2) is 54.1 Å². The van der Waals surface area contributed by atoms with Crippen LogP contribution in [0.3, 0.4) is 0 Å². The van der Waals surface area contributed by atoms with Gasteiger partial charge in [0.25, 0.3) is 0 Å². The zero-order valence-electron chi connectivity index (χ0n) is 14.9. The Bertz CT molecular complexity index is 1030. The lowest BCUT2D eigenvalue weighted by Gasteiger charge is -2.05. The third-order valence-electron chi connectivity index (χ3n) is 4.99. The summed E-state index contributed by atoms with van der Waals surface area (Å²) in [6.07, 6.45) is 2.39. The number of benzene rings is 2. The predicted octanol–water partition coefficient (Wildman–Crippen LogP) is 4.08. The molecule has 0 fully saturated rings. The highest BCUT2D eigenvalue weighted by atomic mass is 16.3. The van der Waals surface area contributed by atoms with Crippen LogP contribution < -0.4 is 0 Å². The Balaban J connectivity index is 1.69. The third kappa shape index (κ3) is 2.73. The maximum Gasteiger partial charge on any atom is 0.189 e. The summed E-state index contributed by atoms with van der Waals surface area (Å²) in [5.74, 6) is 0.179. The Morgan fingerprint density at radius 1 is 1.12 bits per heavy atom. The number of aromatic hydroxyl groups is 1. The molecule has 0 spiro atoms. The molecule has 3 aromatic rings. The third-order valence-corrected chi connectivity index (χ3v) is 4.99. The van der Waals surface area contributed by atoms with E-state index >= 15 is 0 Å². The first-order valence-corrected chi connectivity index (χ1v) is 8.68. The molecule has 1 aromatic heterocycles. The van der Waals surface area contributed by atoms with E-state index in [-0.39, 0.29) is 11.5 Å². The number of ketones is 1. The molecule has 0 unspecified atom stereocenters. The summed E-state index contributed by atoms with van der Waals surface area (Å²) < 4.78 is 1.97. The zero-order valence-corrected chi connectivity index (χ0v) is 14.9. The second kappa shape index (κ2) is 6.30. The van der Waals surface area contributed by atoms with Gasteiger partial charge in [0.1, 0.15) is 5.75 Å². The fourth-order valence-electron chi connectivity index (χ4n) is 3.54. The summed E-state index contributed by atoms with van der Waals surface area (Å²) in [7, 11) is 0. The fraction of sp³-hybridized carbons (Fsp3) is 0.182. The Kier molecular flexibility index (Phi) is 3.96. The van der Waals surface area contributed by atoms with Gasteiger partial charge in [-0.05, 0) is 31.6 Å². The molecule has 0 atom stereocenters. The number of carbonyl (C=O) groups is 1. The van der Waals surface area contributed by atoms with E-state index < -0.39 is 0 Å². The lowest BCUT2D eigenvalue weighted by atomic mass is 10.1. The van der Waals surface area contributed by atoms with Crippen molar-refractivity contribution in [2.24, 2.45) is 0 Å². The van der Waals surface area contributed by atoms with Crippen molar-refractivity contribution >= 4 is 11.9 Å². The molecule has 1 aliphatic carbocycles. The number of phenols is 1. The number of allylic oxidation sites excluding steroid dienone is 1. The lowest BCUT2D eigenvalue weighted by Crippen LogP contribution is -2.04. The van der Waals surface area contributed by atoms with Crippen molar-refractivity contribution < 1.29 is 9.90 Å². The van der Waals surface area contributed by atoms with Crippen LogP contribution in [-0.2, 0) is 13.0 Å². The topological polar surface area (TPSA) is 55.1 Å². The summed E-state index contributed by atoms with van der Waals surface area (Å²) >= 11 is 0. The average molecular weight is 344 g/mol. The van der Waals surface area contributed by atoms with Crippen molar-refractivity contribution in [1.82, 2.24) is 9.78 Å². The maximum atomic E-state index is 12.7. The van der Waals surface area contributed by atoms with E-state index in [1.54, 1.807) is 18.2 Å². The number of nitrogens with zero attached hydrogens (tertiary/aromatic N) is 2. The van der Waals surface area contributed by atoms with Gasteiger partial charge < -0.3 is 5.11 Å². The van der Waals surface area contributed by atoms with Gasteiger partial charge in [-0.15, -0.1) is 0 Å². The van der Waals surface area contributed by atoms with E-state index in [0.717, 1.165) is 22.5 Å². The van der Waals surface area contributed by atoms with Gasteiger partial charge in [0.05, 0.1) is 12.2 Å². The van der Waals surface area contributed by atoms with Crippen LogP contribution in [0, 0.1) is 13.8 Å². The molecule has 26 heavy (non-hydrogen) atoms. The summed E-state index contributed by atoms with van der Waals surface area (Å²) in [5.41, 5.74) is 6.12. The molecule has 0 aliphatic heterocycles. The van der Waals surface area contributed by atoms with Crippen molar-refractivity contribution in [3.8, 4) is 5.75 Å². The van der Waals surface area contributed by atoms with Gasteiger partial charge in [0.15, 0.2) is 5.78 Å². The normalized spacial score (nSPS) is 14.8. The van der Waals surface area contributed by atoms with Crippen LogP contribution >= 0.6 is 0 Å². The molecular weight excluding hydrogens is 324 g/mol. The summed E-state index contributed by atoms with van der Waals surface area (Å²) in [5, 5.41) is 14.7. The van der Waals surface area contributed by atoms with E-state index in [1.807, 2.05) is 42.8 Å². The van der Waals surface area contributed by atoms with E-state index in [2.05, 4.69) is 17.2 Å². The minimum absolute atomic E-state index is 0.00879. The molecular formula is C22H20N2O2. The molecule has 4 rings (SSSR count). The van der Waals surface area contributed by atoms with Crippen molar-refractivity contribution in [1.29, 1.82) is 0 Å². The highest BCUT2D eigenvalue weighted by Crippen LogP contribution is 2.34. The van der Waals surface area contributed by atoms with Crippen molar-refractivity contribution in [2.45, 2.75) is 26.8 Å². The van der Waals surface area contributed by atoms with Gasteiger partial charge in [-0.2, -0.15) is 5.10 Å². The van der Waals surface area contributed by atoms with Gasteiger partial charge in [-0.1, -0.05) is 42.5 Å². The standard InChI is InChI=1S/C22H20N2O2/c1-14-19(15(2)24(23-14)13-16-7-4-3-5-8-16)11-17-12-20-18(22(17)26)9-6-10-21(20)25/h3-11,25H,12-13H2,1-2H3. The number of aromatic nitrogens is 2. The molecule has 0 bridgehead atoms. The molecule has 4 nitrogen and oxygen atoms in total. The Labute approximate surface area is 152 Å². The number of rotatable bonds is 3. The largest absolute Gasteiger partial charge is 0.508 e. The number of phenolic OH excluding ortho intramolecular Hbond substituents is 1. The van der Waals surface area contributed by atoms with E-state index in [0.29, 0.717) is 24.1 Å². The molecule has 1 aliphatic rings. The lowest BCUT2D eigenvalue weighted by molar-refractivity contribution is 0.104. The van der Waals surface area contributed by atoms with Crippen LogP contribution in [0.5, 0.6) is 5.75 Å². The molecule has 130 valence electrons. The van der Waals surface area contributed by atoms with Crippen molar-refractivity contribution in [2.75, 3.05) is 0 Å². The van der Waals surface area contributed by atoms with Crippen molar-refractivity contribution in [3.05, 3.63) is 87.7 Å². The number of Topliss-reactive ketones (excluding diaryl/α,β-unsaturated/α-hetero) is 1. The van der Waals surface area contributed by atoms with Crippen molar-refractivity contribution in [3.63, 3.8) is 0 Å². The molecule has 2 aromatic carbocycles. The molecule has 4 heteroatoms. The van der Waals surface area contributed by atoms with Gasteiger partial charge in [0.2, 0.25) is 0 Å². The first-order chi connectivity index (χ1) is 12.5. The number of fused-ring (bicyclic) bond motifs is 1. The molecule has 1 heterocycles. The van der Waals surface area contributed by atoms with Crippen LogP contribution in [0.25, 0.3) is 6.08 Å². The van der Waals surface area contributed by atoms with Gasteiger partial charge in [0, 0.05) is 34.4 Å². The monoisotopic (exact) mass is 344 g/mol. The van der Waals surface area contributed by atoms with Crippen LogP contribution in [-0.4, -0.2) is 20.7 Å². The number of aryl methyl sites for hydroxylation is 1. The Hall–Kier alpha value is -3.14. The fourth-order valence-corrected chi connectivity index (χ4v) is 3.54. The molecule has 1 N–H and O–H groups in total. The second-order valence-corrected chi connectivity index (χ2v) is 6.71. The minimum Gasteiger partial charge on any atom is -0.508 e. The highest BCUT2D eigenvalue weighted by Gasteiger charge is 2.27. The first kappa shape index (κ1) is 16.3. The van der Waals surface area contributed by atoms with Gasteiger partial charge >= 0.3 is 0 Å². The Morgan fingerprint density at radius 3 is 2.62 bits per heavy atom. The number of hydrogen-bond acceptors (Lipinski definition) is 3. The predicted molar refractivity (Wildman–Crippen MR) is 101 cm³/mol. The summed E-state index contributed by atoms with van der Waals surface area (Å²) in [6, 6.07) is 15.3. The quantitative estimate of drug-likeness (QED) is 0.729. The molecule has 0 saturated carbocycles. The molecule has 0 saturated heterocycles. The van der Waals surface area contributed by atoms with E-state index in [9.17, 15) is 9.90 Å². The summed E-state index contributed by atoms with van der Waals surface area (Å²) in [6.45, 7) is 4.69. The van der Waals surface area contributed by atoms with Crippen LogP contribution in [0.4, 0.5) is 0 Å². The van der Waals surface area contributed by atoms with E-state index in [4.69, 9.17) is 0 Å². The number of carbonyl (C=O) groups excluding carboxylic acids is 1. The van der Waals surface area contributed by atoms with E-state index in [1.165, 1.54) is 5.56 Å². The highest BCUT2D eigenvalue weighted by molar-refractivity contribution is 6.16. The average Bonchev–Trinajstić information content (AvgIpc) is 3.09. The first-order valence-electron chi connectivity index (χ1n) is 8.68. The SMILES string of the molecule is Cc1nn(Cc2ccccc2)c(C)c1C=C1Cc2c(O)cccc2C1=O.